The van der Waals surface area contributed by atoms with Gasteiger partial charge in [-0.3, -0.25) is 9.59 Å². The van der Waals surface area contributed by atoms with Crippen molar-refractivity contribution in [2.24, 2.45) is 0 Å². The summed E-state index contributed by atoms with van der Waals surface area (Å²) in [6.07, 6.45) is -0.388. The van der Waals surface area contributed by atoms with Crippen molar-refractivity contribution in [1.29, 1.82) is 0 Å². The third kappa shape index (κ3) is 3.19. The highest BCUT2D eigenvalue weighted by molar-refractivity contribution is 9.10. The van der Waals surface area contributed by atoms with E-state index >= 15 is 0 Å². The molecule has 3 rings (SSSR count). The number of rotatable bonds is 5. The molecule has 3 aromatic rings. The van der Waals surface area contributed by atoms with Gasteiger partial charge in [-0.15, -0.1) is 0 Å². The number of methoxy groups -OCH3 is 1. The molecule has 0 unspecified atom stereocenters. The van der Waals surface area contributed by atoms with Crippen LogP contribution in [-0.4, -0.2) is 23.8 Å². The van der Waals surface area contributed by atoms with E-state index in [-0.39, 0.29) is 23.5 Å². The first-order chi connectivity index (χ1) is 11.5. The maximum Gasteiger partial charge on any atom is 0.205 e. The summed E-state index contributed by atoms with van der Waals surface area (Å²) in [7, 11) is 1.54. The number of furan rings is 1. The first-order valence-electron chi connectivity index (χ1n) is 7.10. The number of aromatic hydroxyl groups is 1. The first kappa shape index (κ1) is 16.3. The average Bonchev–Trinajstić information content (AvgIpc) is 3.00. The third-order valence-corrected chi connectivity index (χ3v) is 4.08. The minimum Gasteiger partial charge on any atom is -0.507 e. The monoisotopic (exact) mass is 388 g/mol. The van der Waals surface area contributed by atoms with Gasteiger partial charge in [0.2, 0.25) is 5.78 Å². The van der Waals surface area contributed by atoms with Gasteiger partial charge in [0.15, 0.2) is 11.5 Å². The van der Waals surface area contributed by atoms with Crippen molar-refractivity contribution in [1.82, 2.24) is 0 Å². The third-order valence-electron chi connectivity index (χ3n) is 3.58. The Kier molecular flexibility index (Phi) is 4.40. The lowest BCUT2D eigenvalue weighted by atomic mass is 10.0. The molecule has 0 atom stereocenters. The van der Waals surface area contributed by atoms with Crippen molar-refractivity contribution in [2.75, 3.05) is 7.11 Å². The molecule has 0 saturated carbocycles. The van der Waals surface area contributed by atoms with Gasteiger partial charge in [0.25, 0.3) is 0 Å². The lowest BCUT2D eigenvalue weighted by molar-refractivity contribution is 0.0878. The minimum atomic E-state index is -0.475. The Morgan fingerprint density at radius 1 is 1.12 bits per heavy atom. The van der Waals surface area contributed by atoms with Crippen LogP contribution in [0.1, 0.15) is 27.3 Å². The number of carbonyl (C=O) groups is 2. The standard InChI is InChI=1S/C18H13BrO5/c1-23-12-4-2-10-6-18(24-17(10)8-12)16(22)9-15(21)13-7-11(19)3-5-14(13)20/h2-8,20H,9H2,1H3. The van der Waals surface area contributed by atoms with E-state index in [1.54, 1.807) is 37.4 Å². The predicted octanol–water partition coefficient (Wildman–Crippen LogP) is 4.37. The number of carbonyl (C=O) groups excluding carboxylic acids is 2. The number of hydrogen-bond donors (Lipinski definition) is 1. The molecule has 0 spiro atoms. The first-order valence-corrected chi connectivity index (χ1v) is 7.89. The summed E-state index contributed by atoms with van der Waals surface area (Å²) in [5.41, 5.74) is 0.603. The summed E-state index contributed by atoms with van der Waals surface area (Å²) >= 11 is 3.23. The van der Waals surface area contributed by atoms with Gasteiger partial charge < -0.3 is 14.3 Å². The highest BCUT2D eigenvalue weighted by Gasteiger charge is 2.20. The smallest absolute Gasteiger partial charge is 0.205 e. The minimum absolute atomic E-state index is 0.0931. The Labute approximate surface area is 146 Å². The van der Waals surface area contributed by atoms with Crippen LogP contribution in [0, 0.1) is 0 Å². The van der Waals surface area contributed by atoms with Crippen molar-refractivity contribution in [3.63, 3.8) is 0 Å². The van der Waals surface area contributed by atoms with E-state index in [1.807, 2.05) is 0 Å². The second-order valence-corrected chi connectivity index (χ2v) is 6.11. The quantitative estimate of drug-likeness (QED) is 0.518. The highest BCUT2D eigenvalue weighted by Crippen LogP contribution is 2.27. The number of fused-ring (bicyclic) bond motifs is 1. The normalized spacial score (nSPS) is 10.8. The summed E-state index contributed by atoms with van der Waals surface area (Å²) in [4.78, 5) is 24.6. The van der Waals surface area contributed by atoms with Crippen LogP contribution in [0.3, 0.4) is 0 Å². The van der Waals surface area contributed by atoms with E-state index < -0.39 is 11.6 Å². The summed E-state index contributed by atoms with van der Waals surface area (Å²) in [5, 5.41) is 10.5. The maximum atomic E-state index is 12.3. The second kappa shape index (κ2) is 6.49. The Hall–Kier alpha value is -2.60. The average molecular weight is 389 g/mol. The van der Waals surface area contributed by atoms with Gasteiger partial charge >= 0.3 is 0 Å². The zero-order chi connectivity index (χ0) is 17.3. The van der Waals surface area contributed by atoms with Crippen molar-refractivity contribution in [3.05, 3.63) is 58.3 Å². The van der Waals surface area contributed by atoms with E-state index in [2.05, 4.69) is 15.9 Å². The number of ether oxygens (including phenoxy) is 1. The van der Waals surface area contributed by atoms with Crippen LogP contribution >= 0.6 is 15.9 Å². The van der Waals surface area contributed by atoms with Gasteiger partial charge in [0.1, 0.15) is 17.1 Å². The fourth-order valence-electron chi connectivity index (χ4n) is 2.34. The lowest BCUT2D eigenvalue weighted by Crippen LogP contribution is -2.08. The number of phenolic OH excluding ortho intramolecular Hbond substituents is 1. The SMILES string of the molecule is COc1ccc2cc(C(=O)CC(=O)c3cc(Br)ccc3O)oc2c1. The van der Waals surface area contributed by atoms with Crippen LogP contribution in [0.5, 0.6) is 11.5 Å². The van der Waals surface area contributed by atoms with Gasteiger partial charge in [-0.25, -0.2) is 0 Å². The van der Waals surface area contributed by atoms with Crippen molar-refractivity contribution < 1.29 is 23.8 Å². The Bertz CT molecular complexity index is 942. The number of Topliss-reactive ketones (excluding diaryl/α,β-unsaturated/α-hetero) is 2. The van der Waals surface area contributed by atoms with Crippen LogP contribution in [0.2, 0.25) is 0 Å². The molecule has 0 amide bonds. The fraction of sp³-hybridized carbons (Fsp3) is 0.111. The van der Waals surface area contributed by atoms with Gasteiger partial charge in [0, 0.05) is 15.9 Å². The van der Waals surface area contributed by atoms with Crippen LogP contribution < -0.4 is 4.74 Å². The number of benzene rings is 2. The zero-order valence-electron chi connectivity index (χ0n) is 12.7. The molecule has 5 nitrogen and oxygen atoms in total. The molecule has 0 aliphatic carbocycles. The van der Waals surface area contributed by atoms with Crippen molar-refractivity contribution >= 4 is 38.5 Å². The van der Waals surface area contributed by atoms with Gasteiger partial charge in [-0.1, -0.05) is 15.9 Å². The molecule has 0 bridgehead atoms. The fourth-order valence-corrected chi connectivity index (χ4v) is 2.70. The molecule has 6 heteroatoms. The molecule has 0 aliphatic heterocycles. The molecule has 1 N–H and O–H groups in total. The summed E-state index contributed by atoms with van der Waals surface area (Å²) in [5.74, 6) is -0.371. The van der Waals surface area contributed by atoms with E-state index in [4.69, 9.17) is 9.15 Å². The summed E-state index contributed by atoms with van der Waals surface area (Å²) in [6.45, 7) is 0. The van der Waals surface area contributed by atoms with Crippen molar-refractivity contribution in [2.45, 2.75) is 6.42 Å². The number of ketones is 2. The molecule has 0 fully saturated rings. The van der Waals surface area contributed by atoms with Gasteiger partial charge in [-0.2, -0.15) is 0 Å². The number of hydrogen-bond acceptors (Lipinski definition) is 5. The maximum absolute atomic E-state index is 12.3. The van der Waals surface area contributed by atoms with Crippen LogP contribution in [0.4, 0.5) is 0 Å². The molecule has 0 radical (unpaired) electrons. The Balaban J connectivity index is 1.84. The molecule has 2 aromatic carbocycles. The van der Waals surface area contributed by atoms with E-state index in [1.165, 1.54) is 12.1 Å². The highest BCUT2D eigenvalue weighted by atomic mass is 79.9. The second-order valence-electron chi connectivity index (χ2n) is 5.20. The topological polar surface area (TPSA) is 76.7 Å². The molecule has 1 heterocycles. The summed E-state index contributed by atoms with van der Waals surface area (Å²) < 4.78 is 11.3. The molecule has 0 saturated heterocycles. The number of halogens is 1. The van der Waals surface area contributed by atoms with Gasteiger partial charge in [-0.05, 0) is 36.4 Å². The van der Waals surface area contributed by atoms with Crippen LogP contribution in [-0.2, 0) is 0 Å². The molecule has 122 valence electrons. The van der Waals surface area contributed by atoms with E-state index in [0.717, 1.165) is 5.39 Å². The zero-order valence-corrected chi connectivity index (χ0v) is 14.3. The van der Waals surface area contributed by atoms with Gasteiger partial charge in [0.05, 0.1) is 19.1 Å². The molecule has 0 aliphatic rings. The Morgan fingerprint density at radius 2 is 1.92 bits per heavy atom. The predicted molar refractivity (Wildman–Crippen MR) is 91.9 cm³/mol. The molecule has 24 heavy (non-hydrogen) atoms. The molecular formula is C18H13BrO5. The summed E-state index contributed by atoms with van der Waals surface area (Å²) in [6, 6.07) is 11.3. The number of phenols is 1. The van der Waals surface area contributed by atoms with Crippen molar-refractivity contribution in [3.8, 4) is 11.5 Å². The van der Waals surface area contributed by atoms with Crippen LogP contribution in [0.25, 0.3) is 11.0 Å². The van der Waals surface area contributed by atoms with Crippen LogP contribution in [0.15, 0.2) is 51.4 Å². The lowest BCUT2D eigenvalue weighted by Gasteiger charge is -2.03. The molecule has 1 aromatic heterocycles. The Morgan fingerprint density at radius 3 is 2.67 bits per heavy atom. The molecular weight excluding hydrogens is 376 g/mol. The van der Waals surface area contributed by atoms with E-state index in [9.17, 15) is 14.7 Å². The van der Waals surface area contributed by atoms with E-state index in [0.29, 0.717) is 15.8 Å². The largest absolute Gasteiger partial charge is 0.507 e.